The first-order valence-electron chi connectivity index (χ1n) is 8.28. The summed E-state index contributed by atoms with van der Waals surface area (Å²) in [4.78, 5) is 15.1. The maximum absolute atomic E-state index is 11.1. The van der Waals surface area contributed by atoms with E-state index in [-0.39, 0.29) is 5.69 Å². The van der Waals surface area contributed by atoms with E-state index in [1.165, 1.54) is 12.1 Å². The Hall–Kier alpha value is -1.90. The SMILES string of the molecule is O=[N+]([O-])c1ccc(N2CCOCC2)c(OCCN2CCOCC2)c1. The van der Waals surface area contributed by atoms with Crippen LogP contribution in [-0.4, -0.2) is 75.6 Å². The molecule has 0 bridgehead atoms. The van der Waals surface area contributed by atoms with Crippen molar-refractivity contribution in [2.75, 3.05) is 70.7 Å². The molecule has 2 saturated heterocycles. The van der Waals surface area contributed by atoms with Crippen LogP contribution in [0, 0.1) is 10.1 Å². The average molecular weight is 337 g/mol. The van der Waals surface area contributed by atoms with E-state index >= 15 is 0 Å². The van der Waals surface area contributed by atoms with Crippen molar-refractivity contribution >= 4 is 11.4 Å². The van der Waals surface area contributed by atoms with Gasteiger partial charge in [-0.25, -0.2) is 0 Å². The van der Waals surface area contributed by atoms with Crippen LogP contribution in [0.3, 0.4) is 0 Å². The van der Waals surface area contributed by atoms with Gasteiger partial charge in [-0.2, -0.15) is 0 Å². The van der Waals surface area contributed by atoms with Gasteiger partial charge in [0.2, 0.25) is 0 Å². The summed E-state index contributed by atoms with van der Waals surface area (Å²) in [7, 11) is 0. The molecular formula is C16H23N3O5. The first kappa shape index (κ1) is 16.9. The molecule has 1 aromatic rings. The maximum atomic E-state index is 11.1. The molecule has 0 radical (unpaired) electrons. The number of ether oxygens (including phenoxy) is 3. The minimum Gasteiger partial charge on any atom is -0.490 e. The molecule has 2 fully saturated rings. The van der Waals surface area contributed by atoms with Gasteiger partial charge >= 0.3 is 0 Å². The smallest absolute Gasteiger partial charge is 0.273 e. The van der Waals surface area contributed by atoms with E-state index < -0.39 is 4.92 Å². The summed E-state index contributed by atoms with van der Waals surface area (Å²) in [5.74, 6) is 0.569. The molecule has 8 heteroatoms. The molecule has 3 rings (SSSR count). The van der Waals surface area contributed by atoms with Crippen molar-refractivity contribution in [3.8, 4) is 5.75 Å². The van der Waals surface area contributed by atoms with Gasteiger partial charge in [0.05, 0.1) is 43.1 Å². The van der Waals surface area contributed by atoms with Gasteiger partial charge in [0, 0.05) is 38.8 Å². The summed E-state index contributed by atoms with van der Waals surface area (Å²) in [6.07, 6.45) is 0. The molecule has 0 saturated carbocycles. The minimum atomic E-state index is -0.391. The number of nitro groups is 1. The van der Waals surface area contributed by atoms with Crippen molar-refractivity contribution in [2.24, 2.45) is 0 Å². The molecule has 0 spiro atoms. The van der Waals surface area contributed by atoms with Crippen LogP contribution < -0.4 is 9.64 Å². The molecule has 0 unspecified atom stereocenters. The maximum Gasteiger partial charge on any atom is 0.273 e. The Bertz CT molecular complexity index is 557. The van der Waals surface area contributed by atoms with Crippen LogP contribution in [0.25, 0.3) is 0 Å². The summed E-state index contributed by atoms with van der Waals surface area (Å²) in [5, 5.41) is 11.1. The van der Waals surface area contributed by atoms with Gasteiger partial charge < -0.3 is 19.1 Å². The summed E-state index contributed by atoms with van der Waals surface area (Å²) in [6, 6.07) is 4.82. The molecule has 0 N–H and O–H groups in total. The minimum absolute atomic E-state index is 0.0494. The highest BCUT2D eigenvalue weighted by Gasteiger charge is 2.19. The number of hydrogen-bond acceptors (Lipinski definition) is 7. The molecule has 2 aliphatic heterocycles. The van der Waals surface area contributed by atoms with Crippen molar-refractivity contribution in [1.29, 1.82) is 0 Å². The monoisotopic (exact) mass is 337 g/mol. The summed E-state index contributed by atoms with van der Waals surface area (Å²) in [6.45, 7) is 7.41. The van der Waals surface area contributed by atoms with E-state index in [0.717, 1.165) is 51.6 Å². The average Bonchev–Trinajstić information content (AvgIpc) is 2.63. The Balaban J connectivity index is 1.67. The Morgan fingerprint density at radius 1 is 1.08 bits per heavy atom. The summed E-state index contributed by atoms with van der Waals surface area (Å²) >= 11 is 0. The molecule has 0 amide bonds. The lowest BCUT2D eigenvalue weighted by atomic mass is 10.2. The van der Waals surface area contributed by atoms with Crippen molar-refractivity contribution < 1.29 is 19.1 Å². The number of benzene rings is 1. The number of morpholine rings is 2. The lowest BCUT2D eigenvalue weighted by Crippen LogP contribution is -2.39. The van der Waals surface area contributed by atoms with E-state index in [2.05, 4.69) is 9.80 Å². The van der Waals surface area contributed by atoms with Crippen molar-refractivity contribution in [3.63, 3.8) is 0 Å². The highest BCUT2D eigenvalue weighted by Crippen LogP contribution is 2.32. The molecule has 2 aliphatic rings. The van der Waals surface area contributed by atoms with Crippen molar-refractivity contribution in [1.82, 2.24) is 4.90 Å². The molecule has 0 aliphatic carbocycles. The molecule has 8 nitrogen and oxygen atoms in total. The first-order valence-corrected chi connectivity index (χ1v) is 8.28. The van der Waals surface area contributed by atoms with Gasteiger partial charge in [0.1, 0.15) is 12.4 Å². The van der Waals surface area contributed by atoms with E-state index in [1.807, 2.05) is 0 Å². The molecular weight excluding hydrogens is 314 g/mol. The lowest BCUT2D eigenvalue weighted by Gasteiger charge is -2.30. The number of nitrogens with zero attached hydrogens (tertiary/aromatic N) is 3. The standard InChI is InChI=1S/C16H23N3O5/c20-19(21)14-1-2-15(18-6-10-23-11-7-18)16(13-14)24-12-5-17-3-8-22-9-4-17/h1-2,13H,3-12H2. The van der Waals surface area contributed by atoms with Crippen LogP contribution >= 0.6 is 0 Å². The second-order valence-corrected chi connectivity index (χ2v) is 5.81. The Kier molecular flexibility index (Phi) is 5.84. The van der Waals surface area contributed by atoms with Crippen molar-refractivity contribution in [3.05, 3.63) is 28.3 Å². The zero-order valence-corrected chi connectivity index (χ0v) is 13.7. The first-order chi connectivity index (χ1) is 11.7. The largest absolute Gasteiger partial charge is 0.490 e. The van der Waals surface area contributed by atoms with Gasteiger partial charge in [0.25, 0.3) is 5.69 Å². The Labute approximate surface area is 141 Å². The van der Waals surface area contributed by atoms with Crippen molar-refractivity contribution in [2.45, 2.75) is 0 Å². The van der Waals surface area contributed by atoms with E-state index in [1.54, 1.807) is 6.07 Å². The fourth-order valence-electron chi connectivity index (χ4n) is 2.91. The number of hydrogen-bond donors (Lipinski definition) is 0. The second-order valence-electron chi connectivity index (χ2n) is 5.81. The summed E-state index contributed by atoms with van der Waals surface area (Å²) in [5.41, 5.74) is 0.944. The van der Waals surface area contributed by atoms with Gasteiger partial charge in [-0.15, -0.1) is 0 Å². The predicted molar refractivity (Wildman–Crippen MR) is 88.9 cm³/mol. The topological polar surface area (TPSA) is 77.3 Å². The van der Waals surface area contributed by atoms with Gasteiger partial charge in [-0.05, 0) is 6.07 Å². The van der Waals surface area contributed by atoms with Crippen LogP contribution in [0.1, 0.15) is 0 Å². The van der Waals surface area contributed by atoms with E-state index in [0.29, 0.717) is 25.6 Å². The number of anilines is 1. The van der Waals surface area contributed by atoms with Crippen LogP contribution in [0.5, 0.6) is 5.75 Å². The zero-order valence-electron chi connectivity index (χ0n) is 13.7. The van der Waals surface area contributed by atoms with Gasteiger partial charge in [-0.3, -0.25) is 15.0 Å². The summed E-state index contributed by atoms with van der Waals surface area (Å²) < 4.78 is 16.6. The third-order valence-electron chi connectivity index (χ3n) is 4.27. The fraction of sp³-hybridized carbons (Fsp3) is 0.625. The number of nitro benzene ring substituents is 1. The Morgan fingerprint density at radius 2 is 1.75 bits per heavy atom. The quantitative estimate of drug-likeness (QED) is 0.569. The lowest BCUT2D eigenvalue weighted by molar-refractivity contribution is -0.384. The third-order valence-corrected chi connectivity index (χ3v) is 4.27. The van der Waals surface area contributed by atoms with E-state index in [4.69, 9.17) is 14.2 Å². The number of rotatable bonds is 6. The molecule has 132 valence electrons. The highest BCUT2D eigenvalue weighted by atomic mass is 16.6. The number of non-ortho nitro benzene ring substituents is 1. The highest BCUT2D eigenvalue weighted by molar-refractivity contribution is 5.62. The second kappa shape index (κ2) is 8.27. The zero-order chi connectivity index (χ0) is 16.8. The van der Waals surface area contributed by atoms with Crippen LogP contribution in [0.4, 0.5) is 11.4 Å². The fourth-order valence-corrected chi connectivity index (χ4v) is 2.91. The molecule has 2 heterocycles. The normalized spacial score (nSPS) is 19.2. The van der Waals surface area contributed by atoms with Gasteiger partial charge in [0.15, 0.2) is 0 Å². The van der Waals surface area contributed by atoms with Crippen LogP contribution in [0.15, 0.2) is 18.2 Å². The molecule has 0 aromatic heterocycles. The molecule has 24 heavy (non-hydrogen) atoms. The van der Waals surface area contributed by atoms with Crippen LogP contribution in [0.2, 0.25) is 0 Å². The molecule has 0 atom stereocenters. The molecule has 1 aromatic carbocycles. The Morgan fingerprint density at radius 3 is 2.42 bits per heavy atom. The third kappa shape index (κ3) is 4.34. The van der Waals surface area contributed by atoms with Gasteiger partial charge in [-0.1, -0.05) is 0 Å². The van der Waals surface area contributed by atoms with Crippen LogP contribution in [-0.2, 0) is 9.47 Å². The van der Waals surface area contributed by atoms with E-state index in [9.17, 15) is 10.1 Å². The predicted octanol–water partition coefficient (Wildman–Crippen LogP) is 1.14.